The Morgan fingerprint density at radius 3 is 2.80 bits per heavy atom. The van der Waals surface area contributed by atoms with Crippen molar-refractivity contribution in [3.05, 3.63) is 48.4 Å². The standard InChI is InChI=1S/C14H15N3O3/c1-19-12-6-4-11(5-7-12)15-10-14(18)17-16-9-13-3-2-8-20-13/h2-9,15H,10H2,1H3,(H,17,18). The van der Waals surface area contributed by atoms with Crippen LogP contribution in [0.1, 0.15) is 5.76 Å². The second kappa shape index (κ2) is 6.98. The van der Waals surface area contributed by atoms with E-state index < -0.39 is 0 Å². The first-order valence-electron chi connectivity index (χ1n) is 6.01. The number of carbonyl (C=O) groups excluding carboxylic acids is 1. The van der Waals surface area contributed by atoms with Crippen LogP contribution in [0.15, 0.2) is 52.2 Å². The van der Waals surface area contributed by atoms with Crippen LogP contribution in [0, 0.1) is 0 Å². The molecule has 0 aliphatic heterocycles. The summed E-state index contributed by atoms with van der Waals surface area (Å²) in [4.78, 5) is 11.5. The van der Waals surface area contributed by atoms with E-state index in [-0.39, 0.29) is 12.5 Å². The maximum absolute atomic E-state index is 11.5. The van der Waals surface area contributed by atoms with Gasteiger partial charge in [0.05, 0.1) is 26.1 Å². The molecule has 6 nitrogen and oxygen atoms in total. The number of hydrazone groups is 1. The van der Waals surface area contributed by atoms with Crippen molar-refractivity contribution in [2.24, 2.45) is 5.10 Å². The number of hydrogen-bond acceptors (Lipinski definition) is 5. The average Bonchev–Trinajstić information content (AvgIpc) is 2.99. The number of methoxy groups -OCH3 is 1. The molecule has 0 unspecified atom stereocenters. The van der Waals surface area contributed by atoms with Crippen molar-refractivity contribution < 1.29 is 13.9 Å². The Hall–Kier alpha value is -2.76. The van der Waals surface area contributed by atoms with Crippen LogP contribution in [0.3, 0.4) is 0 Å². The Morgan fingerprint density at radius 2 is 2.15 bits per heavy atom. The van der Waals surface area contributed by atoms with Crippen molar-refractivity contribution in [3.63, 3.8) is 0 Å². The zero-order valence-corrected chi connectivity index (χ0v) is 11.0. The maximum Gasteiger partial charge on any atom is 0.259 e. The second-order valence-corrected chi connectivity index (χ2v) is 3.89. The van der Waals surface area contributed by atoms with Gasteiger partial charge in [0.25, 0.3) is 5.91 Å². The quantitative estimate of drug-likeness (QED) is 0.622. The summed E-state index contributed by atoms with van der Waals surface area (Å²) in [5.74, 6) is 1.10. The fourth-order valence-electron chi connectivity index (χ4n) is 1.46. The zero-order valence-electron chi connectivity index (χ0n) is 11.0. The van der Waals surface area contributed by atoms with Gasteiger partial charge in [0.1, 0.15) is 11.5 Å². The van der Waals surface area contributed by atoms with E-state index >= 15 is 0 Å². The summed E-state index contributed by atoms with van der Waals surface area (Å²) in [6.07, 6.45) is 2.97. The first kappa shape index (κ1) is 13.7. The number of rotatable bonds is 6. The molecule has 0 bridgehead atoms. The fourth-order valence-corrected chi connectivity index (χ4v) is 1.46. The van der Waals surface area contributed by atoms with Gasteiger partial charge >= 0.3 is 0 Å². The largest absolute Gasteiger partial charge is 0.497 e. The molecule has 0 atom stereocenters. The number of carbonyl (C=O) groups is 1. The van der Waals surface area contributed by atoms with Gasteiger partial charge in [-0.2, -0.15) is 5.10 Å². The highest BCUT2D eigenvalue weighted by Crippen LogP contribution is 2.14. The fraction of sp³-hybridized carbons (Fsp3) is 0.143. The molecule has 104 valence electrons. The molecule has 1 aromatic carbocycles. The smallest absolute Gasteiger partial charge is 0.259 e. The van der Waals surface area contributed by atoms with E-state index in [1.54, 1.807) is 19.2 Å². The van der Waals surface area contributed by atoms with Gasteiger partial charge < -0.3 is 14.5 Å². The first-order chi connectivity index (χ1) is 9.78. The van der Waals surface area contributed by atoms with Crippen LogP contribution in [0.25, 0.3) is 0 Å². The molecular formula is C14H15N3O3. The first-order valence-corrected chi connectivity index (χ1v) is 6.01. The molecule has 2 N–H and O–H groups in total. The maximum atomic E-state index is 11.5. The topological polar surface area (TPSA) is 75.9 Å². The molecule has 20 heavy (non-hydrogen) atoms. The monoisotopic (exact) mass is 273 g/mol. The van der Waals surface area contributed by atoms with Gasteiger partial charge in [0.2, 0.25) is 0 Å². The third-order valence-electron chi connectivity index (χ3n) is 2.47. The van der Waals surface area contributed by atoms with E-state index in [1.165, 1.54) is 12.5 Å². The highest BCUT2D eigenvalue weighted by Gasteiger charge is 1.99. The van der Waals surface area contributed by atoms with Crippen molar-refractivity contribution in [1.29, 1.82) is 0 Å². The molecule has 0 saturated carbocycles. The molecule has 1 heterocycles. The zero-order chi connectivity index (χ0) is 14.2. The summed E-state index contributed by atoms with van der Waals surface area (Å²) in [7, 11) is 1.60. The summed E-state index contributed by atoms with van der Waals surface area (Å²) in [6.45, 7) is 0.127. The van der Waals surface area contributed by atoms with Crippen LogP contribution < -0.4 is 15.5 Å². The lowest BCUT2D eigenvalue weighted by Crippen LogP contribution is -2.25. The Balaban J connectivity index is 1.74. The van der Waals surface area contributed by atoms with Crippen molar-refractivity contribution in [2.75, 3.05) is 19.0 Å². The van der Waals surface area contributed by atoms with Crippen LogP contribution in [-0.2, 0) is 4.79 Å². The van der Waals surface area contributed by atoms with Gasteiger partial charge in [0.15, 0.2) is 0 Å². The van der Waals surface area contributed by atoms with E-state index in [2.05, 4.69) is 15.8 Å². The van der Waals surface area contributed by atoms with Crippen LogP contribution in [-0.4, -0.2) is 25.8 Å². The predicted molar refractivity (Wildman–Crippen MR) is 75.9 cm³/mol. The lowest BCUT2D eigenvalue weighted by Gasteiger charge is -2.06. The molecular weight excluding hydrogens is 258 g/mol. The lowest BCUT2D eigenvalue weighted by molar-refractivity contribution is -0.119. The van der Waals surface area contributed by atoms with Crippen molar-refractivity contribution in [1.82, 2.24) is 5.43 Å². The molecule has 2 aromatic rings. The van der Waals surface area contributed by atoms with Gasteiger partial charge in [0, 0.05) is 5.69 Å². The number of anilines is 1. The molecule has 0 radical (unpaired) electrons. The minimum atomic E-state index is -0.247. The molecule has 1 aromatic heterocycles. The number of ether oxygens (including phenoxy) is 1. The van der Waals surface area contributed by atoms with Crippen molar-refractivity contribution in [2.45, 2.75) is 0 Å². The summed E-state index contributed by atoms with van der Waals surface area (Å²) in [6, 6.07) is 10.8. The summed E-state index contributed by atoms with van der Waals surface area (Å²) >= 11 is 0. The van der Waals surface area contributed by atoms with Gasteiger partial charge in [-0.25, -0.2) is 5.43 Å². The highest BCUT2D eigenvalue weighted by molar-refractivity contribution is 5.83. The summed E-state index contributed by atoms with van der Waals surface area (Å²) < 4.78 is 10.1. The van der Waals surface area contributed by atoms with Crippen LogP contribution in [0.2, 0.25) is 0 Å². The van der Waals surface area contributed by atoms with Gasteiger partial charge in [-0.05, 0) is 36.4 Å². The van der Waals surface area contributed by atoms with Gasteiger partial charge in [-0.1, -0.05) is 0 Å². The number of nitrogens with zero attached hydrogens (tertiary/aromatic N) is 1. The third kappa shape index (κ3) is 4.16. The van der Waals surface area contributed by atoms with Crippen LogP contribution >= 0.6 is 0 Å². The highest BCUT2D eigenvalue weighted by atomic mass is 16.5. The Kier molecular flexibility index (Phi) is 4.77. The van der Waals surface area contributed by atoms with Crippen molar-refractivity contribution in [3.8, 4) is 5.75 Å². The number of benzene rings is 1. The SMILES string of the molecule is COc1ccc(NCC(=O)NN=Cc2ccco2)cc1. The number of hydrogen-bond donors (Lipinski definition) is 2. The lowest BCUT2D eigenvalue weighted by atomic mass is 10.3. The number of nitrogens with one attached hydrogen (secondary N) is 2. The predicted octanol–water partition coefficient (Wildman–Crippen LogP) is 1.85. The third-order valence-corrected chi connectivity index (χ3v) is 2.47. The Morgan fingerprint density at radius 1 is 1.35 bits per heavy atom. The Labute approximate surface area is 116 Å². The minimum absolute atomic E-state index is 0.127. The molecule has 1 amide bonds. The van der Waals surface area contributed by atoms with E-state index in [1.807, 2.05) is 24.3 Å². The Bertz CT molecular complexity index is 562. The second-order valence-electron chi connectivity index (χ2n) is 3.89. The van der Waals surface area contributed by atoms with E-state index in [0.29, 0.717) is 5.76 Å². The van der Waals surface area contributed by atoms with Crippen LogP contribution in [0.4, 0.5) is 5.69 Å². The molecule has 0 saturated heterocycles. The molecule has 0 spiro atoms. The van der Waals surface area contributed by atoms with Crippen LogP contribution in [0.5, 0.6) is 5.75 Å². The molecule has 6 heteroatoms. The summed E-state index contributed by atoms with van der Waals surface area (Å²) in [5, 5.41) is 6.75. The molecule has 0 aliphatic rings. The number of furan rings is 1. The molecule has 2 rings (SSSR count). The molecule has 0 aliphatic carbocycles. The molecule has 0 fully saturated rings. The van der Waals surface area contributed by atoms with E-state index in [0.717, 1.165) is 11.4 Å². The minimum Gasteiger partial charge on any atom is -0.497 e. The normalized spacial score (nSPS) is 10.4. The summed E-state index contributed by atoms with van der Waals surface area (Å²) in [5.41, 5.74) is 3.23. The van der Waals surface area contributed by atoms with E-state index in [4.69, 9.17) is 9.15 Å². The van der Waals surface area contributed by atoms with E-state index in [9.17, 15) is 4.79 Å². The number of amides is 1. The van der Waals surface area contributed by atoms with Gasteiger partial charge in [-0.3, -0.25) is 4.79 Å². The van der Waals surface area contributed by atoms with Crippen molar-refractivity contribution >= 4 is 17.8 Å². The van der Waals surface area contributed by atoms with Gasteiger partial charge in [-0.15, -0.1) is 0 Å². The average molecular weight is 273 g/mol.